The van der Waals surface area contributed by atoms with Crippen molar-refractivity contribution in [3.8, 4) is 6.07 Å². The lowest BCUT2D eigenvalue weighted by Crippen LogP contribution is -2.49. The van der Waals surface area contributed by atoms with Gasteiger partial charge in [0.25, 0.3) is 0 Å². The molecule has 2 heterocycles. The molecule has 0 spiro atoms. The Labute approximate surface area is 137 Å². The molecule has 0 bridgehead atoms. The van der Waals surface area contributed by atoms with E-state index >= 15 is 0 Å². The first-order valence-corrected chi connectivity index (χ1v) is 9.42. The van der Waals surface area contributed by atoms with Crippen molar-refractivity contribution >= 4 is 10.0 Å². The van der Waals surface area contributed by atoms with Gasteiger partial charge in [0, 0.05) is 45.3 Å². The van der Waals surface area contributed by atoms with Crippen LogP contribution in [-0.2, 0) is 10.0 Å². The Hall–Kier alpha value is -1.46. The van der Waals surface area contributed by atoms with E-state index in [1.165, 1.54) is 6.07 Å². The third kappa shape index (κ3) is 3.26. The molecule has 0 saturated carbocycles. The lowest BCUT2D eigenvalue weighted by atomic mass is 10.2. The van der Waals surface area contributed by atoms with Gasteiger partial charge in [-0.25, -0.2) is 8.42 Å². The molecule has 0 aliphatic carbocycles. The molecular formula is C16H22N4O2S. The number of benzene rings is 1. The summed E-state index contributed by atoms with van der Waals surface area (Å²) in [5.74, 6) is 0. The first kappa shape index (κ1) is 16.4. The fraction of sp³-hybridized carbons (Fsp3) is 0.562. The molecular weight excluding hydrogens is 312 g/mol. The first-order valence-electron chi connectivity index (χ1n) is 7.98. The van der Waals surface area contributed by atoms with Crippen LogP contribution in [0.15, 0.2) is 23.1 Å². The fourth-order valence-electron chi connectivity index (χ4n) is 3.36. The SMILES string of the molecule is Cc1ccc(C#N)cc1S(=O)(=O)N1CCC(N2CCNCC2)C1. The highest BCUT2D eigenvalue weighted by Crippen LogP contribution is 2.26. The van der Waals surface area contributed by atoms with Crippen molar-refractivity contribution in [2.45, 2.75) is 24.3 Å². The van der Waals surface area contributed by atoms with Crippen molar-refractivity contribution in [2.75, 3.05) is 39.3 Å². The standard InChI is InChI=1S/C16H22N4O2S/c1-13-2-3-14(11-17)10-16(13)23(21,22)20-7-4-15(12-20)19-8-5-18-6-9-19/h2-3,10,15,18H,4-9,12H2,1H3. The summed E-state index contributed by atoms with van der Waals surface area (Å²) in [6.45, 7) is 6.74. The van der Waals surface area contributed by atoms with Crippen LogP contribution in [0.1, 0.15) is 17.5 Å². The van der Waals surface area contributed by atoms with Crippen molar-refractivity contribution in [3.63, 3.8) is 0 Å². The molecule has 1 N–H and O–H groups in total. The summed E-state index contributed by atoms with van der Waals surface area (Å²) >= 11 is 0. The van der Waals surface area contributed by atoms with E-state index in [1.54, 1.807) is 23.4 Å². The number of nitrogens with zero attached hydrogens (tertiary/aromatic N) is 3. The van der Waals surface area contributed by atoms with Crippen LogP contribution in [-0.4, -0.2) is 62.9 Å². The van der Waals surface area contributed by atoms with Crippen LogP contribution in [0.4, 0.5) is 0 Å². The zero-order chi connectivity index (χ0) is 16.4. The fourth-order valence-corrected chi connectivity index (χ4v) is 5.10. The number of rotatable bonds is 3. The summed E-state index contributed by atoms with van der Waals surface area (Å²) in [6, 6.07) is 7.16. The molecule has 2 aliphatic rings. The average molecular weight is 334 g/mol. The van der Waals surface area contributed by atoms with Gasteiger partial charge in [0.2, 0.25) is 10.0 Å². The summed E-state index contributed by atoms with van der Waals surface area (Å²) in [4.78, 5) is 2.64. The molecule has 2 saturated heterocycles. The maximum absolute atomic E-state index is 12.9. The van der Waals surface area contributed by atoms with Crippen LogP contribution in [0.25, 0.3) is 0 Å². The highest BCUT2D eigenvalue weighted by atomic mass is 32.2. The van der Waals surface area contributed by atoms with Crippen LogP contribution in [0, 0.1) is 18.3 Å². The van der Waals surface area contributed by atoms with Crippen LogP contribution >= 0.6 is 0 Å². The molecule has 124 valence electrons. The third-order valence-corrected chi connectivity index (χ3v) is 6.74. The Morgan fingerprint density at radius 2 is 2.00 bits per heavy atom. The first-order chi connectivity index (χ1) is 11.0. The topological polar surface area (TPSA) is 76.4 Å². The van der Waals surface area contributed by atoms with Gasteiger partial charge in [-0.2, -0.15) is 9.57 Å². The second kappa shape index (κ2) is 6.57. The molecule has 0 radical (unpaired) electrons. The summed E-state index contributed by atoms with van der Waals surface area (Å²) in [5, 5.41) is 12.3. The van der Waals surface area contributed by atoms with Gasteiger partial charge in [0.1, 0.15) is 0 Å². The number of nitrogens with one attached hydrogen (secondary N) is 1. The van der Waals surface area contributed by atoms with E-state index in [9.17, 15) is 8.42 Å². The molecule has 7 heteroatoms. The van der Waals surface area contributed by atoms with Crippen molar-refractivity contribution in [3.05, 3.63) is 29.3 Å². The van der Waals surface area contributed by atoms with E-state index in [4.69, 9.17) is 5.26 Å². The number of hydrogen-bond acceptors (Lipinski definition) is 5. The van der Waals surface area contributed by atoms with Gasteiger partial charge in [-0.1, -0.05) is 6.07 Å². The maximum atomic E-state index is 12.9. The largest absolute Gasteiger partial charge is 0.314 e. The van der Waals surface area contributed by atoms with Gasteiger partial charge >= 0.3 is 0 Å². The van der Waals surface area contributed by atoms with Gasteiger partial charge in [0.15, 0.2) is 0 Å². The number of nitriles is 1. The summed E-state index contributed by atoms with van der Waals surface area (Å²) in [7, 11) is -3.53. The summed E-state index contributed by atoms with van der Waals surface area (Å²) in [6.07, 6.45) is 0.871. The minimum absolute atomic E-state index is 0.262. The molecule has 2 aliphatic heterocycles. The molecule has 2 fully saturated rings. The second-order valence-electron chi connectivity index (χ2n) is 6.18. The van der Waals surface area contributed by atoms with E-state index < -0.39 is 10.0 Å². The Balaban J connectivity index is 1.80. The number of piperazine rings is 1. The zero-order valence-electron chi connectivity index (χ0n) is 13.3. The number of aryl methyl sites for hydroxylation is 1. The van der Waals surface area contributed by atoms with Crippen LogP contribution < -0.4 is 5.32 Å². The average Bonchev–Trinajstić information content (AvgIpc) is 3.07. The van der Waals surface area contributed by atoms with Crippen LogP contribution in [0.5, 0.6) is 0 Å². The number of hydrogen-bond donors (Lipinski definition) is 1. The smallest absolute Gasteiger partial charge is 0.243 e. The van der Waals surface area contributed by atoms with Gasteiger partial charge in [0.05, 0.1) is 16.5 Å². The van der Waals surface area contributed by atoms with Crippen LogP contribution in [0.2, 0.25) is 0 Å². The predicted octanol–water partition coefficient (Wildman–Crippen LogP) is 0.535. The van der Waals surface area contributed by atoms with Crippen molar-refractivity contribution in [1.82, 2.24) is 14.5 Å². The lowest BCUT2D eigenvalue weighted by molar-refractivity contribution is 0.179. The normalized spacial score (nSPS) is 23.7. The molecule has 3 rings (SSSR count). The minimum Gasteiger partial charge on any atom is -0.314 e. The van der Waals surface area contributed by atoms with E-state index in [1.807, 2.05) is 6.07 Å². The zero-order valence-corrected chi connectivity index (χ0v) is 14.1. The van der Waals surface area contributed by atoms with E-state index in [2.05, 4.69) is 10.2 Å². The van der Waals surface area contributed by atoms with Gasteiger partial charge in [-0.3, -0.25) is 4.90 Å². The molecule has 0 amide bonds. The third-order valence-electron chi connectivity index (χ3n) is 4.73. The summed E-state index contributed by atoms with van der Waals surface area (Å²) in [5.41, 5.74) is 1.07. The molecule has 6 nitrogen and oxygen atoms in total. The Morgan fingerprint density at radius 3 is 2.70 bits per heavy atom. The van der Waals surface area contributed by atoms with Crippen LogP contribution in [0.3, 0.4) is 0 Å². The van der Waals surface area contributed by atoms with Crippen molar-refractivity contribution in [1.29, 1.82) is 5.26 Å². The predicted molar refractivity (Wildman–Crippen MR) is 87.5 cm³/mol. The molecule has 0 aromatic heterocycles. The minimum atomic E-state index is -3.53. The number of sulfonamides is 1. The van der Waals surface area contributed by atoms with Gasteiger partial charge in [-0.15, -0.1) is 0 Å². The summed E-state index contributed by atoms with van der Waals surface area (Å²) < 4.78 is 27.4. The molecule has 23 heavy (non-hydrogen) atoms. The quantitative estimate of drug-likeness (QED) is 0.873. The van der Waals surface area contributed by atoms with E-state index in [-0.39, 0.29) is 4.90 Å². The Kier molecular flexibility index (Phi) is 4.69. The second-order valence-corrected chi connectivity index (χ2v) is 8.09. The van der Waals surface area contributed by atoms with E-state index in [0.29, 0.717) is 30.3 Å². The van der Waals surface area contributed by atoms with Gasteiger partial charge in [-0.05, 0) is 31.0 Å². The highest BCUT2D eigenvalue weighted by Gasteiger charge is 2.36. The monoisotopic (exact) mass is 334 g/mol. The molecule has 1 aromatic rings. The van der Waals surface area contributed by atoms with Gasteiger partial charge < -0.3 is 5.32 Å². The van der Waals surface area contributed by atoms with E-state index in [0.717, 1.165) is 32.6 Å². The van der Waals surface area contributed by atoms with Crippen molar-refractivity contribution in [2.24, 2.45) is 0 Å². The highest BCUT2D eigenvalue weighted by molar-refractivity contribution is 7.89. The molecule has 1 aromatic carbocycles. The lowest BCUT2D eigenvalue weighted by Gasteiger charge is -2.32. The maximum Gasteiger partial charge on any atom is 0.243 e. The molecule has 1 atom stereocenters. The molecule has 1 unspecified atom stereocenters. The van der Waals surface area contributed by atoms with Crippen molar-refractivity contribution < 1.29 is 8.42 Å². The Bertz CT molecular complexity index is 720. The Morgan fingerprint density at radius 1 is 1.26 bits per heavy atom.